The summed E-state index contributed by atoms with van der Waals surface area (Å²) in [4.78, 5) is 8.01. The van der Waals surface area contributed by atoms with Crippen LogP contribution in [-0.4, -0.2) is 15.1 Å². The van der Waals surface area contributed by atoms with Crippen LogP contribution in [0.1, 0.15) is 30.9 Å². The highest BCUT2D eigenvalue weighted by Gasteiger charge is 2.07. The molecule has 2 aromatic rings. The van der Waals surface area contributed by atoms with E-state index in [-0.39, 0.29) is 11.4 Å². The molecule has 19 heavy (non-hydrogen) atoms. The summed E-state index contributed by atoms with van der Waals surface area (Å²) < 4.78 is 0. The van der Waals surface area contributed by atoms with Gasteiger partial charge < -0.3 is 5.11 Å². The van der Waals surface area contributed by atoms with Crippen LogP contribution in [0.3, 0.4) is 0 Å². The van der Waals surface area contributed by atoms with Crippen molar-refractivity contribution in [1.29, 1.82) is 5.26 Å². The van der Waals surface area contributed by atoms with Gasteiger partial charge >= 0.3 is 0 Å². The average Bonchev–Trinajstić information content (AvgIpc) is 2.45. The van der Waals surface area contributed by atoms with Gasteiger partial charge in [-0.3, -0.25) is 0 Å². The standard InChI is InChI=1S/C15H15N3O/c1-2-3-4-11-5-7-12(8-6-11)14-17-10-13(9-16)15(19)18-14/h5-8,10H,2-4H2,1H3,(H,17,18,19). The number of aromatic nitrogens is 2. The molecule has 0 aliphatic carbocycles. The number of rotatable bonds is 4. The molecular weight excluding hydrogens is 238 g/mol. The fourth-order valence-electron chi connectivity index (χ4n) is 1.79. The molecule has 1 aromatic carbocycles. The Morgan fingerprint density at radius 3 is 2.58 bits per heavy atom. The van der Waals surface area contributed by atoms with Crippen molar-refractivity contribution in [3.63, 3.8) is 0 Å². The van der Waals surface area contributed by atoms with Gasteiger partial charge in [-0.1, -0.05) is 37.6 Å². The van der Waals surface area contributed by atoms with E-state index in [9.17, 15) is 5.11 Å². The van der Waals surface area contributed by atoms with Crippen molar-refractivity contribution in [2.45, 2.75) is 26.2 Å². The molecule has 4 nitrogen and oxygen atoms in total. The van der Waals surface area contributed by atoms with E-state index >= 15 is 0 Å². The summed E-state index contributed by atoms with van der Waals surface area (Å²) in [7, 11) is 0. The van der Waals surface area contributed by atoms with Gasteiger partial charge in [-0.05, 0) is 18.4 Å². The minimum absolute atomic E-state index is 0.0864. The molecule has 0 bridgehead atoms. The van der Waals surface area contributed by atoms with Crippen molar-refractivity contribution in [1.82, 2.24) is 9.97 Å². The van der Waals surface area contributed by atoms with Crippen LogP contribution in [0.2, 0.25) is 0 Å². The number of aromatic hydroxyl groups is 1. The van der Waals surface area contributed by atoms with E-state index in [0.717, 1.165) is 12.0 Å². The van der Waals surface area contributed by atoms with Crippen LogP contribution in [0.5, 0.6) is 5.88 Å². The summed E-state index contributed by atoms with van der Waals surface area (Å²) in [6, 6.07) is 9.79. The molecule has 2 rings (SSSR count). The van der Waals surface area contributed by atoms with E-state index in [4.69, 9.17) is 5.26 Å². The molecule has 0 aliphatic heterocycles. The predicted octanol–water partition coefficient (Wildman–Crippen LogP) is 3.06. The first-order valence-corrected chi connectivity index (χ1v) is 6.30. The number of benzene rings is 1. The van der Waals surface area contributed by atoms with Crippen LogP contribution in [0, 0.1) is 11.3 Å². The van der Waals surface area contributed by atoms with Gasteiger partial charge in [0.2, 0.25) is 5.88 Å². The van der Waals surface area contributed by atoms with E-state index < -0.39 is 0 Å². The van der Waals surface area contributed by atoms with E-state index in [2.05, 4.69) is 16.9 Å². The molecule has 0 spiro atoms. The summed E-state index contributed by atoms with van der Waals surface area (Å²) in [5.41, 5.74) is 2.20. The first kappa shape index (κ1) is 13.0. The second-order valence-electron chi connectivity index (χ2n) is 4.34. The Bertz CT molecular complexity index is 600. The maximum Gasteiger partial charge on any atom is 0.232 e. The molecule has 1 aromatic heterocycles. The molecule has 1 heterocycles. The number of hydrogen-bond donors (Lipinski definition) is 1. The number of aryl methyl sites for hydroxylation is 1. The monoisotopic (exact) mass is 253 g/mol. The number of nitriles is 1. The van der Waals surface area contributed by atoms with Crippen LogP contribution in [0.25, 0.3) is 11.4 Å². The molecule has 0 atom stereocenters. The normalized spacial score (nSPS) is 10.1. The second-order valence-corrected chi connectivity index (χ2v) is 4.34. The first-order valence-electron chi connectivity index (χ1n) is 6.30. The zero-order valence-electron chi connectivity index (χ0n) is 10.8. The maximum absolute atomic E-state index is 9.55. The van der Waals surface area contributed by atoms with Gasteiger partial charge in [0, 0.05) is 5.56 Å². The molecule has 0 amide bonds. The van der Waals surface area contributed by atoms with Crippen LogP contribution in [-0.2, 0) is 6.42 Å². The Kier molecular flexibility index (Phi) is 4.09. The topological polar surface area (TPSA) is 69.8 Å². The first-order chi connectivity index (χ1) is 9.24. The van der Waals surface area contributed by atoms with Gasteiger partial charge in [-0.25, -0.2) is 4.98 Å². The van der Waals surface area contributed by atoms with Crippen molar-refractivity contribution in [2.75, 3.05) is 0 Å². The summed E-state index contributed by atoms with van der Waals surface area (Å²) in [5.74, 6) is 0.154. The van der Waals surface area contributed by atoms with Crippen molar-refractivity contribution in [2.24, 2.45) is 0 Å². The van der Waals surface area contributed by atoms with Gasteiger partial charge in [0.15, 0.2) is 5.82 Å². The zero-order valence-corrected chi connectivity index (χ0v) is 10.8. The van der Waals surface area contributed by atoms with Gasteiger partial charge in [0.25, 0.3) is 0 Å². The molecule has 0 aliphatic rings. The Labute approximate surface area is 112 Å². The van der Waals surface area contributed by atoms with Crippen molar-refractivity contribution in [3.05, 3.63) is 41.6 Å². The van der Waals surface area contributed by atoms with Crippen LogP contribution < -0.4 is 0 Å². The van der Waals surface area contributed by atoms with E-state index in [1.165, 1.54) is 24.6 Å². The lowest BCUT2D eigenvalue weighted by Gasteiger charge is -2.03. The third-order valence-electron chi connectivity index (χ3n) is 2.92. The molecule has 96 valence electrons. The number of nitrogens with zero attached hydrogens (tertiary/aromatic N) is 3. The summed E-state index contributed by atoms with van der Waals surface area (Å²) in [6.45, 7) is 2.17. The summed E-state index contributed by atoms with van der Waals surface area (Å²) in [6.07, 6.45) is 4.75. The fourth-order valence-corrected chi connectivity index (χ4v) is 1.79. The van der Waals surface area contributed by atoms with Crippen LogP contribution >= 0.6 is 0 Å². The fraction of sp³-hybridized carbons (Fsp3) is 0.267. The molecule has 0 fully saturated rings. The molecule has 4 heteroatoms. The molecule has 0 saturated heterocycles. The van der Waals surface area contributed by atoms with E-state index in [1.54, 1.807) is 0 Å². The molecular formula is C15H15N3O. The number of unbranched alkanes of at least 4 members (excludes halogenated alkanes) is 1. The molecule has 1 N–H and O–H groups in total. The third kappa shape index (κ3) is 3.08. The summed E-state index contributed by atoms with van der Waals surface area (Å²) in [5, 5.41) is 18.3. The Morgan fingerprint density at radius 1 is 1.26 bits per heavy atom. The predicted molar refractivity (Wildman–Crippen MR) is 72.5 cm³/mol. The zero-order chi connectivity index (χ0) is 13.7. The van der Waals surface area contributed by atoms with E-state index in [0.29, 0.717) is 5.82 Å². The smallest absolute Gasteiger partial charge is 0.232 e. The molecule has 0 saturated carbocycles. The Hall–Kier alpha value is -2.41. The van der Waals surface area contributed by atoms with Crippen molar-refractivity contribution in [3.8, 4) is 23.3 Å². The van der Waals surface area contributed by atoms with Crippen molar-refractivity contribution < 1.29 is 5.11 Å². The van der Waals surface area contributed by atoms with Crippen LogP contribution in [0.15, 0.2) is 30.5 Å². The lowest BCUT2D eigenvalue weighted by atomic mass is 10.1. The van der Waals surface area contributed by atoms with Gasteiger partial charge in [0.1, 0.15) is 11.6 Å². The molecule has 0 unspecified atom stereocenters. The van der Waals surface area contributed by atoms with E-state index in [1.807, 2.05) is 30.3 Å². The quantitative estimate of drug-likeness (QED) is 0.909. The van der Waals surface area contributed by atoms with Gasteiger partial charge in [0.05, 0.1) is 6.20 Å². The largest absolute Gasteiger partial charge is 0.492 e. The Morgan fingerprint density at radius 2 is 2.00 bits per heavy atom. The SMILES string of the molecule is CCCCc1ccc(-c2ncc(C#N)c(O)n2)cc1. The minimum atomic E-state index is -0.275. The average molecular weight is 253 g/mol. The highest BCUT2D eigenvalue weighted by atomic mass is 16.3. The lowest BCUT2D eigenvalue weighted by Crippen LogP contribution is -1.92. The van der Waals surface area contributed by atoms with Gasteiger partial charge in [-0.15, -0.1) is 0 Å². The third-order valence-corrected chi connectivity index (χ3v) is 2.92. The molecule has 0 radical (unpaired) electrons. The highest BCUT2D eigenvalue weighted by Crippen LogP contribution is 2.20. The second kappa shape index (κ2) is 5.96. The maximum atomic E-state index is 9.55. The highest BCUT2D eigenvalue weighted by molar-refractivity contribution is 5.56. The Balaban J connectivity index is 2.22. The van der Waals surface area contributed by atoms with Crippen molar-refractivity contribution >= 4 is 0 Å². The minimum Gasteiger partial charge on any atom is -0.492 e. The number of hydrogen-bond acceptors (Lipinski definition) is 4. The lowest BCUT2D eigenvalue weighted by molar-refractivity contribution is 0.451. The van der Waals surface area contributed by atoms with Crippen LogP contribution in [0.4, 0.5) is 0 Å². The summed E-state index contributed by atoms with van der Waals surface area (Å²) >= 11 is 0. The van der Waals surface area contributed by atoms with Gasteiger partial charge in [-0.2, -0.15) is 10.2 Å².